The normalized spacial score (nSPS) is 16.9. The van der Waals surface area contributed by atoms with E-state index >= 15 is 0 Å². The molecule has 0 heterocycles. The number of ether oxygens (including phenoxy) is 1. The molecule has 0 amide bonds. The molecular formula is C15H32N4O. The fourth-order valence-electron chi connectivity index (χ4n) is 2.57. The fourth-order valence-corrected chi connectivity index (χ4v) is 2.57. The quantitative estimate of drug-likeness (QED) is 0.382. The van der Waals surface area contributed by atoms with E-state index in [-0.39, 0.29) is 0 Å². The van der Waals surface area contributed by atoms with E-state index in [4.69, 9.17) is 4.74 Å². The van der Waals surface area contributed by atoms with Crippen LogP contribution in [0, 0.1) is 0 Å². The van der Waals surface area contributed by atoms with Gasteiger partial charge in [0.2, 0.25) is 0 Å². The largest absolute Gasteiger partial charge is 0.380 e. The van der Waals surface area contributed by atoms with Crippen molar-refractivity contribution >= 4 is 5.96 Å². The molecular weight excluding hydrogens is 252 g/mol. The highest BCUT2D eigenvalue weighted by atomic mass is 16.5. The van der Waals surface area contributed by atoms with Crippen molar-refractivity contribution in [3.63, 3.8) is 0 Å². The highest BCUT2D eigenvalue weighted by Gasteiger charge is 2.18. The molecule has 0 saturated heterocycles. The fraction of sp³-hybridized carbons (Fsp3) is 0.933. The molecule has 0 aromatic rings. The molecule has 1 rings (SSSR count). The van der Waals surface area contributed by atoms with Crippen LogP contribution in [0.2, 0.25) is 0 Å². The number of aliphatic imine (C=N–C) groups is 1. The first-order valence-corrected chi connectivity index (χ1v) is 8.08. The minimum atomic E-state index is 0.725. The number of guanidine groups is 1. The zero-order valence-electron chi connectivity index (χ0n) is 13.5. The maximum atomic E-state index is 5.32. The number of nitrogens with one attached hydrogen (secondary N) is 2. The Bertz CT molecular complexity index is 265. The predicted octanol–water partition coefficient (Wildman–Crippen LogP) is 1.45. The number of nitrogens with zero attached hydrogens (tertiary/aromatic N) is 2. The van der Waals surface area contributed by atoms with Crippen LogP contribution in [0.25, 0.3) is 0 Å². The Morgan fingerprint density at radius 2 is 2.00 bits per heavy atom. The van der Waals surface area contributed by atoms with Gasteiger partial charge in [-0.2, -0.15) is 0 Å². The second-order valence-corrected chi connectivity index (χ2v) is 5.30. The van der Waals surface area contributed by atoms with Gasteiger partial charge in [0.15, 0.2) is 5.96 Å². The predicted molar refractivity (Wildman–Crippen MR) is 85.4 cm³/mol. The molecule has 20 heavy (non-hydrogen) atoms. The van der Waals surface area contributed by atoms with Crippen molar-refractivity contribution in [2.45, 2.75) is 45.6 Å². The topological polar surface area (TPSA) is 48.9 Å². The van der Waals surface area contributed by atoms with E-state index in [0.29, 0.717) is 0 Å². The van der Waals surface area contributed by atoms with Crippen LogP contribution in [0.1, 0.15) is 39.5 Å². The molecule has 0 bridgehead atoms. The van der Waals surface area contributed by atoms with E-state index in [0.717, 1.165) is 51.4 Å². The summed E-state index contributed by atoms with van der Waals surface area (Å²) in [5.41, 5.74) is 0. The lowest BCUT2D eigenvalue weighted by Crippen LogP contribution is -2.40. The molecule has 0 aromatic carbocycles. The average Bonchev–Trinajstić information content (AvgIpc) is 2.97. The Hall–Kier alpha value is -0.810. The van der Waals surface area contributed by atoms with Crippen molar-refractivity contribution in [1.29, 1.82) is 0 Å². The molecule has 5 heteroatoms. The molecule has 0 atom stereocenters. The maximum absolute atomic E-state index is 5.32. The smallest absolute Gasteiger partial charge is 0.191 e. The van der Waals surface area contributed by atoms with Crippen molar-refractivity contribution in [2.24, 2.45) is 4.99 Å². The van der Waals surface area contributed by atoms with Crippen molar-refractivity contribution in [3.8, 4) is 0 Å². The van der Waals surface area contributed by atoms with Crippen molar-refractivity contribution in [1.82, 2.24) is 15.5 Å². The monoisotopic (exact) mass is 284 g/mol. The van der Waals surface area contributed by atoms with Crippen LogP contribution in [0.3, 0.4) is 0 Å². The first kappa shape index (κ1) is 17.2. The maximum Gasteiger partial charge on any atom is 0.191 e. The van der Waals surface area contributed by atoms with Crippen LogP contribution in [0.5, 0.6) is 0 Å². The number of hydrogen-bond donors (Lipinski definition) is 2. The molecule has 0 spiro atoms. The number of likely N-dealkylation sites (N-methyl/N-ethyl adjacent to an activating group) is 1. The molecule has 0 aromatic heterocycles. The van der Waals surface area contributed by atoms with E-state index in [2.05, 4.69) is 34.5 Å². The lowest BCUT2D eigenvalue weighted by Gasteiger charge is -2.23. The summed E-state index contributed by atoms with van der Waals surface area (Å²) < 4.78 is 5.32. The SMILES string of the molecule is CCNC(=NCCN(C)C1CCCC1)NCCOCC. The lowest BCUT2D eigenvalue weighted by atomic mass is 10.2. The zero-order chi connectivity index (χ0) is 14.6. The number of hydrogen-bond acceptors (Lipinski definition) is 3. The molecule has 1 aliphatic carbocycles. The van der Waals surface area contributed by atoms with E-state index < -0.39 is 0 Å². The van der Waals surface area contributed by atoms with E-state index in [1.807, 2.05) is 6.92 Å². The summed E-state index contributed by atoms with van der Waals surface area (Å²) in [7, 11) is 2.22. The van der Waals surface area contributed by atoms with E-state index in [1.165, 1.54) is 25.7 Å². The van der Waals surface area contributed by atoms with Gasteiger partial charge in [-0.3, -0.25) is 4.99 Å². The second kappa shape index (κ2) is 10.9. The molecule has 0 radical (unpaired) electrons. The van der Waals surface area contributed by atoms with E-state index in [9.17, 15) is 0 Å². The van der Waals surface area contributed by atoms with Gasteiger partial charge < -0.3 is 20.3 Å². The molecule has 1 aliphatic rings. The molecule has 5 nitrogen and oxygen atoms in total. The Labute approximate surface area is 124 Å². The summed E-state index contributed by atoms with van der Waals surface area (Å²) in [5, 5.41) is 6.56. The summed E-state index contributed by atoms with van der Waals surface area (Å²) in [6.07, 6.45) is 5.49. The standard InChI is InChI=1S/C15H32N4O/c1-4-16-15(18-11-13-20-5-2)17-10-12-19(3)14-8-6-7-9-14/h14H,4-13H2,1-3H3,(H2,16,17,18). The first-order valence-electron chi connectivity index (χ1n) is 8.08. The summed E-state index contributed by atoms with van der Waals surface area (Å²) in [6, 6.07) is 0.777. The Morgan fingerprint density at radius 3 is 2.65 bits per heavy atom. The number of rotatable bonds is 9. The second-order valence-electron chi connectivity index (χ2n) is 5.30. The molecule has 0 unspecified atom stereocenters. The zero-order valence-corrected chi connectivity index (χ0v) is 13.5. The third-order valence-corrected chi connectivity index (χ3v) is 3.76. The Kier molecular flexibility index (Phi) is 9.41. The third kappa shape index (κ3) is 7.10. The lowest BCUT2D eigenvalue weighted by molar-refractivity contribution is 0.152. The Balaban J connectivity index is 2.22. The molecule has 1 saturated carbocycles. The summed E-state index contributed by atoms with van der Waals surface area (Å²) in [5.74, 6) is 0.895. The first-order chi connectivity index (χ1) is 9.77. The van der Waals surface area contributed by atoms with Gasteiger partial charge in [-0.25, -0.2) is 0 Å². The summed E-state index contributed by atoms with van der Waals surface area (Å²) >= 11 is 0. The van der Waals surface area contributed by atoms with Gasteiger partial charge in [0, 0.05) is 32.3 Å². The molecule has 0 aliphatic heterocycles. The van der Waals surface area contributed by atoms with Crippen LogP contribution < -0.4 is 10.6 Å². The third-order valence-electron chi connectivity index (χ3n) is 3.76. The molecule has 2 N–H and O–H groups in total. The van der Waals surface area contributed by atoms with Gasteiger partial charge in [0.25, 0.3) is 0 Å². The van der Waals surface area contributed by atoms with Gasteiger partial charge in [-0.1, -0.05) is 12.8 Å². The average molecular weight is 284 g/mol. The van der Waals surface area contributed by atoms with Gasteiger partial charge in [0.05, 0.1) is 13.2 Å². The van der Waals surface area contributed by atoms with Crippen LogP contribution in [0.4, 0.5) is 0 Å². The minimum absolute atomic E-state index is 0.725. The summed E-state index contributed by atoms with van der Waals surface area (Å²) in [6.45, 7) is 9.16. The Morgan fingerprint density at radius 1 is 1.25 bits per heavy atom. The minimum Gasteiger partial charge on any atom is -0.380 e. The highest BCUT2D eigenvalue weighted by Crippen LogP contribution is 2.21. The van der Waals surface area contributed by atoms with Gasteiger partial charge >= 0.3 is 0 Å². The van der Waals surface area contributed by atoms with E-state index in [1.54, 1.807) is 0 Å². The van der Waals surface area contributed by atoms with Crippen LogP contribution in [0.15, 0.2) is 4.99 Å². The van der Waals surface area contributed by atoms with Crippen LogP contribution in [-0.2, 0) is 4.74 Å². The van der Waals surface area contributed by atoms with Crippen LogP contribution >= 0.6 is 0 Å². The van der Waals surface area contributed by atoms with Crippen molar-refractivity contribution in [3.05, 3.63) is 0 Å². The molecule has 118 valence electrons. The van der Waals surface area contributed by atoms with Gasteiger partial charge in [-0.05, 0) is 33.7 Å². The van der Waals surface area contributed by atoms with Crippen LogP contribution in [-0.4, -0.2) is 63.3 Å². The summed E-state index contributed by atoms with van der Waals surface area (Å²) in [4.78, 5) is 7.08. The van der Waals surface area contributed by atoms with Gasteiger partial charge in [0.1, 0.15) is 0 Å². The molecule has 1 fully saturated rings. The highest BCUT2D eigenvalue weighted by molar-refractivity contribution is 5.79. The van der Waals surface area contributed by atoms with Crippen molar-refractivity contribution < 1.29 is 4.74 Å². The van der Waals surface area contributed by atoms with Crippen molar-refractivity contribution in [2.75, 3.05) is 46.4 Å². The van der Waals surface area contributed by atoms with Gasteiger partial charge in [-0.15, -0.1) is 0 Å².